The van der Waals surface area contributed by atoms with E-state index in [1.54, 1.807) is 0 Å². The van der Waals surface area contributed by atoms with Crippen molar-refractivity contribution < 1.29 is 42.9 Å². The Kier molecular flexibility index (Phi) is 9.04. The lowest BCUT2D eigenvalue weighted by Gasteiger charge is -2.46. The zero-order valence-electron chi connectivity index (χ0n) is 17.9. The third-order valence-corrected chi connectivity index (χ3v) is 4.95. The molecule has 10 heteroatoms. The summed E-state index contributed by atoms with van der Waals surface area (Å²) in [7, 11) is 0. The quantitative estimate of drug-likeness (QED) is 0.466. The van der Waals surface area contributed by atoms with E-state index in [1.807, 2.05) is 0 Å². The first kappa shape index (κ1) is 24.1. The van der Waals surface area contributed by atoms with Gasteiger partial charge in [0.15, 0.2) is 18.5 Å². The summed E-state index contributed by atoms with van der Waals surface area (Å²) in [6.07, 6.45) is 0.643. The van der Waals surface area contributed by atoms with Gasteiger partial charge in [-0.25, -0.2) is 0 Å². The minimum absolute atomic E-state index is 0.0855. The van der Waals surface area contributed by atoms with Crippen LogP contribution in [-0.2, 0) is 42.9 Å². The average molecular weight is 429 g/mol. The maximum Gasteiger partial charge on any atom is 0.303 e. The van der Waals surface area contributed by atoms with Crippen LogP contribution in [0.25, 0.3) is 0 Å². The fraction of sp³-hybridized carbons (Fsp3) is 0.800. The molecule has 10 nitrogen and oxygen atoms in total. The van der Waals surface area contributed by atoms with Crippen LogP contribution in [0, 0.1) is 0 Å². The van der Waals surface area contributed by atoms with Crippen molar-refractivity contribution >= 4 is 23.8 Å². The van der Waals surface area contributed by atoms with Gasteiger partial charge in [-0.2, -0.15) is 0 Å². The summed E-state index contributed by atoms with van der Waals surface area (Å²) in [4.78, 5) is 46.7. The SMILES string of the molecule is CC(=O)N[C@@H]1[C@H](OC2CCCCC2)O[C@H](COC(C)=O)[C@H](OC(C)=O)[C@H]1OC(C)=O. The zero-order chi connectivity index (χ0) is 22.3. The Bertz CT molecular complexity index is 632. The molecule has 0 aromatic carbocycles. The van der Waals surface area contributed by atoms with Crippen molar-refractivity contribution in [3.63, 3.8) is 0 Å². The van der Waals surface area contributed by atoms with Gasteiger partial charge in [-0.1, -0.05) is 19.3 Å². The van der Waals surface area contributed by atoms with E-state index in [0.29, 0.717) is 0 Å². The second-order valence-electron chi connectivity index (χ2n) is 7.62. The lowest BCUT2D eigenvalue weighted by molar-refractivity contribution is -0.289. The first-order valence-electron chi connectivity index (χ1n) is 10.2. The highest BCUT2D eigenvalue weighted by molar-refractivity contribution is 5.73. The number of amides is 1. The molecule has 0 spiro atoms. The maximum atomic E-state index is 11.9. The Hall–Kier alpha value is -2.20. The molecule has 2 rings (SSSR count). The Balaban J connectivity index is 2.34. The average Bonchev–Trinajstić information content (AvgIpc) is 2.64. The van der Waals surface area contributed by atoms with Gasteiger partial charge in [0.25, 0.3) is 0 Å². The van der Waals surface area contributed by atoms with Gasteiger partial charge in [0.05, 0.1) is 6.10 Å². The van der Waals surface area contributed by atoms with E-state index in [0.717, 1.165) is 32.1 Å². The second kappa shape index (κ2) is 11.3. The number of carbonyl (C=O) groups is 4. The van der Waals surface area contributed by atoms with E-state index in [9.17, 15) is 19.2 Å². The molecule has 170 valence electrons. The van der Waals surface area contributed by atoms with E-state index >= 15 is 0 Å². The highest BCUT2D eigenvalue weighted by Gasteiger charge is 2.51. The van der Waals surface area contributed by atoms with Crippen molar-refractivity contribution in [2.45, 2.75) is 96.5 Å². The van der Waals surface area contributed by atoms with Gasteiger partial charge in [0, 0.05) is 27.7 Å². The summed E-state index contributed by atoms with van der Waals surface area (Å²) in [6, 6.07) is -0.911. The van der Waals surface area contributed by atoms with Crippen LogP contribution < -0.4 is 5.32 Å². The standard InChI is InChI=1S/C20H31NO9/c1-11(22)21-17-19(28-14(4)25)18(27-13(3)24)16(10-26-12(2)23)30-20(17)29-15-8-6-5-7-9-15/h15-20H,5-10H2,1-4H3,(H,21,22)/t16-,17+,18+,19+,20-/m1/s1. The number of hydrogen-bond acceptors (Lipinski definition) is 9. The van der Waals surface area contributed by atoms with Gasteiger partial charge in [0.1, 0.15) is 18.8 Å². The molecule has 0 unspecified atom stereocenters. The Morgan fingerprint density at radius 2 is 1.47 bits per heavy atom. The molecule has 1 aliphatic heterocycles. The monoisotopic (exact) mass is 429 g/mol. The van der Waals surface area contributed by atoms with Crippen LogP contribution in [0.3, 0.4) is 0 Å². The molecule has 1 saturated carbocycles. The lowest BCUT2D eigenvalue weighted by Crippen LogP contribution is -2.67. The number of hydrogen-bond donors (Lipinski definition) is 1. The molecule has 1 N–H and O–H groups in total. The van der Waals surface area contributed by atoms with Crippen LogP contribution in [0.2, 0.25) is 0 Å². The largest absolute Gasteiger partial charge is 0.463 e. The highest BCUT2D eigenvalue weighted by atomic mass is 16.7. The van der Waals surface area contributed by atoms with Gasteiger partial charge in [-0.3, -0.25) is 19.2 Å². The number of esters is 3. The van der Waals surface area contributed by atoms with E-state index < -0.39 is 54.5 Å². The summed E-state index contributed by atoms with van der Waals surface area (Å²) in [5, 5.41) is 2.70. The zero-order valence-corrected chi connectivity index (χ0v) is 17.9. The lowest BCUT2D eigenvalue weighted by atomic mass is 9.94. The van der Waals surface area contributed by atoms with Crippen LogP contribution in [0.1, 0.15) is 59.8 Å². The Morgan fingerprint density at radius 3 is 2.00 bits per heavy atom. The summed E-state index contributed by atoms with van der Waals surface area (Å²) < 4.78 is 28.0. The number of ether oxygens (including phenoxy) is 5. The predicted octanol–water partition coefficient (Wildman–Crippen LogP) is 0.992. The van der Waals surface area contributed by atoms with Gasteiger partial charge >= 0.3 is 17.9 Å². The van der Waals surface area contributed by atoms with Crippen molar-refractivity contribution in [3.05, 3.63) is 0 Å². The summed E-state index contributed by atoms with van der Waals surface area (Å²) >= 11 is 0. The first-order chi connectivity index (χ1) is 14.2. The van der Waals surface area contributed by atoms with Crippen LogP contribution in [0.4, 0.5) is 0 Å². The summed E-state index contributed by atoms with van der Waals surface area (Å²) in [5.74, 6) is -2.20. The normalized spacial score (nSPS) is 29.5. The van der Waals surface area contributed by atoms with Crippen LogP contribution in [0.5, 0.6) is 0 Å². The molecule has 0 aromatic rings. The van der Waals surface area contributed by atoms with Crippen molar-refractivity contribution in [1.82, 2.24) is 5.32 Å². The topological polar surface area (TPSA) is 126 Å². The van der Waals surface area contributed by atoms with Crippen LogP contribution in [0.15, 0.2) is 0 Å². The van der Waals surface area contributed by atoms with Gasteiger partial charge in [0.2, 0.25) is 5.91 Å². The third-order valence-electron chi connectivity index (χ3n) is 4.95. The van der Waals surface area contributed by atoms with E-state index in [4.69, 9.17) is 23.7 Å². The Morgan fingerprint density at radius 1 is 0.867 bits per heavy atom. The number of carbonyl (C=O) groups excluding carboxylic acids is 4. The minimum atomic E-state index is -1.10. The van der Waals surface area contributed by atoms with E-state index in [1.165, 1.54) is 27.7 Å². The van der Waals surface area contributed by atoms with Crippen LogP contribution >= 0.6 is 0 Å². The fourth-order valence-corrected chi connectivity index (χ4v) is 3.80. The highest BCUT2D eigenvalue weighted by Crippen LogP contribution is 2.31. The van der Waals surface area contributed by atoms with Gasteiger partial charge in [-0.15, -0.1) is 0 Å². The second-order valence-corrected chi connectivity index (χ2v) is 7.62. The molecule has 1 heterocycles. The Labute approximate surface area is 175 Å². The summed E-state index contributed by atoms with van der Waals surface area (Å²) in [6.45, 7) is 4.73. The molecule has 2 fully saturated rings. The molecular formula is C20H31NO9. The molecular weight excluding hydrogens is 398 g/mol. The van der Waals surface area contributed by atoms with Gasteiger partial charge < -0.3 is 29.0 Å². The van der Waals surface area contributed by atoms with Crippen molar-refractivity contribution in [2.24, 2.45) is 0 Å². The smallest absolute Gasteiger partial charge is 0.303 e. The molecule has 2 aliphatic rings. The minimum Gasteiger partial charge on any atom is -0.463 e. The van der Waals surface area contributed by atoms with E-state index in [2.05, 4.69) is 5.32 Å². The molecule has 0 radical (unpaired) electrons. The molecule has 1 aliphatic carbocycles. The molecule has 1 amide bonds. The third kappa shape index (κ3) is 7.24. The van der Waals surface area contributed by atoms with Crippen molar-refractivity contribution in [3.8, 4) is 0 Å². The van der Waals surface area contributed by atoms with Crippen LogP contribution in [-0.4, -0.2) is 67.2 Å². The van der Waals surface area contributed by atoms with Crippen molar-refractivity contribution in [2.75, 3.05) is 6.61 Å². The molecule has 30 heavy (non-hydrogen) atoms. The fourth-order valence-electron chi connectivity index (χ4n) is 3.80. The number of nitrogens with one attached hydrogen (secondary N) is 1. The summed E-state index contributed by atoms with van der Waals surface area (Å²) in [5.41, 5.74) is 0. The van der Waals surface area contributed by atoms with Gasteiger partial charge in [-0.05, 0) is 12.8 Å². The number of rotatable bonds is 7. The molecule has 5 atom stereocenters. The molecule has 1 saturated heterocycles. The molecule has 0 bridgehead atoms. The maximum absolute atomic E-state index is 11.9. The van der Waals surface area contributed by atoms with Crippen molar-refractivity contribution in [1.29, 1.82) is 0 Å². The first-order valence-corrected chi connectivity index (χ1v) is 10.2. The van der Waals surface area contributed by atoms with E-state index in [-0.39, 0.29) is 12.7 Å². The predicted molar refractivity (Wildman–Crippen MR) is 102 cm³/mol. The molecule has 0 aromatic heterocycles.